The van der Waals surface area contributed by atoms with Gasteiger partial charge in [0.25, 0.3) is 5.91 Å². The molecule has 2 heterocycles. The van der Waals surface area contributed by atoms with Crippen LogP contribution >= 0.6 is 0 Å². The van der Waals surface area contributed by atoms with Crippen LogP contribution in [0.4, 0.5) is 5.69 Å². The molecule has 1 fully saturated rings. The summed E-state index contributed by atoms with van der Waals surface area (Å²) in [6, 6.07) is 12.5. The van der Waals surface area contributed by atoms with Crippen molar-refractivity contribution in [2.24, 2.45) is 0 Å². The highest BCUT2D eigenvalue weighted by Gasteiger charge is 2.26. The highest BCUT2D eigenvalue weighted by molar-refractivity contribution is 7.88. The van der Waals surface area contributed by atoms with E-state index >= 15 is 0 Å². The fourth-order valence-electron chi connectivity index (χ4n) is 3.72. The normalized spacial score (nSPS) is 15.8. The first kappa shape index (κ1) is 22.9. The minimum Gasteiger partial charge on any atom is -0.454 e. The van der Waals surface area contributed by atoms with Gasteiger partial charge in [-0.1, -0.05) is 18.2 Å². The van der Waals surface area contributed by atoms with Gasteiger partial charge in [-0.3, -0.25) is 9.59 Å². The zero-order valence-electron chi connectivity index (χ0n) is 18.2. The number of para-hydroxylation sites is 1. The Morgan fingerprint density at radius 2 is 1.73 bits per heavy atom. The molecule has 0 aromatic heterocycles. The summed E-state index contributed by atoms with van der Waals surface area (Å²) in [4.78, 5) is 27.0. The molecule has 2 aliphatic rings. The molecule has 0 radical (unpaired) electrons. The first-order valence-electron chi connectivity index (χ1n) is 10.5. The number of hydrogen-bond acceptors (Lipinski definition) is 7. The van der Waals surface area contributed by atoms with Gasteiger partial charge in [0.1, 0.15) is 0 Å². The molecule has 0 unspecified atom stereocenters. The summed E-state index contributed by atoms with van der Waals surface area (Å²) in [6.07, 6.45) is 1.17. The van der Waals surface area contributed by atoms with Crippen LogP contribution in [0.3, 0.4) is 0 Å². The first-order chi connectivity index (χ1) is 15.8. The summed E-state index contributed by atoms with van der Waals surface area (Å²) in [5.41, 5.74) is 1.85. The Morgan fingerprint density at radius 3 is 2.48 bits per heavy atom. The van der Waals surface area contributed by atoms with Gasteiger partial charge in [0.15, 0.2) is 11.5 Å². The SMILES string of the molecule is CS(=O)(=O)N1CCN(C(=O)CNc2ccccc2C(=O)NCc2ccc3c(c2)OCO3)CC1. The molecule has 2 N–H and O–H groups in total. The summed E-state index contributed by atoms with van der Waals surface area (Å²) < 4.78 is 35.3. The third-order valence-corrected chi connectivity index (χ3v) is 6.86. The summed E-state index contributed by atoms with van der Waals surface area (Å²) >= 11 is 0. The van der Waals surface area contributed by atoms with E-state index < -0.39 is 10.0 Å². The first-order valence-corrected chi connectivity index (χ1v) is 12.4. The molecule has 0 atom stereocenters. The Labute approximate surface area is 192 Å². The van der Waals surface area contributed by atoms with Crippen LogP contribution in [0.1, 0.15) is 15.9 Å². The quantitative estimate of drug-likeness (QED) is 0.611. The molecule has 1 saturated heterocycles. The smallest absolute Gasteiger partial charge is 0.253 e. The number of amides is 2. The molecule has 2 aliphatic heterocycles. The van der Waals surface area contributed by atoms with E-state index in [1.807, 2.05) is 12.1 Å². The summed E-state index contributed by atoms with van der Waals surface area (Å²) in [7, 11) is -3.25. The maximum Gasteiger partial charge on any atom is 0.253 e. The minimum atomic E-state index is -3.25. The molecule has 0 spiro atoms. The third-order valence-electron chi connectivity index (χ3n) is 5.55. The van der Waals surface area contributed by atoms with Crippen LogP contribution in [0.25, 0.3) is 0 Å². The molecule has 0 bridgehead atoms. The van der Waals surface area contributed by atoms with Crippen molar-refractivity contribution in [2.75, 3.05) is 51.1 Å². The number of nitrogens with zero attached hydrogens (tertiary/aromatic N) is 2. The average molecular weight is 475 g/mol. The number of carbonyl (C=O) groups is 2. The Bertz CT molecular complexity index is 1150. The number of hydrogen-bond donors (Lipinski definition) is 2. The molecule has 4 rings (SSSR count). The van der Waals surface area contributed by atoms with Gasteiger partial charge in [0.2, 0.25) is 22.7 Å². The molecule has 10 nitrogen and oxygen atoms in total. The standard InChI is InChI=1S/C22H26N4O6S/c1-33(29,30)26-10-8-25(9-11-26)21(27)14-23-18-5-3-2-4-17(18)22(28)24-13-16-6-7-19-20(12-16)32-15-31-19/h2-7,12,23H,8-11,13-15H2,1H3,(H,24,28). The van der Waals surface area contributed by atoms with Gasteiger partial charge >= 0.3 is 0 Å². The predicted octanol–water partition coefficient (Wildman–Crippen LogP) is 0.861. The molecular weight excluding hydrogens is 448 g/mol. The molecule has 11 heteroatoms. The molecular formula is C22H26N4O6S. The number of benzene rings is 2. The molecule has 2 aromatic carbocycles. The number of piperazine rings is 1. The van der Waals surface area contributed by atoms with Crippen molar-refractivity contribution in [3.8, 4) is 11.5 Å². The van der Waals surface area contributed by atoms with Crippen LogP contribution < -0.4 is 20.1 Å². The van der Waals surface area contributed by atoms with Crippen LogP contribution in [0.2, 0.25) is 0 Å². The van der Waals surface area contributed by atoms with E-state index in [-0.39, 0.29) is 38.2 Å². The number of nitrogens with one attached hydrogen (secondary N) is 2. The van der Waals surface area contributed by atoms with Crippen molar-refractivity contribution in [2.45, 2.75) is 6.54 Å². The van der Waals surface area contributed by atoms with Gasteiger partial charge in [-0.25, -0.2) is 8.42 Å². The molecule has 33 heavy (non-hydrogen) atoms. The van der Waals surface area contributed by atoms with E-state index in [1.165, 1.54) is 10.6 Å². The number of sulfonamides is 1. The maximum absolute atomic E-state index is 12.8. The van der Waals surface area contributed by atoms with Crippen LogP contribution in [0.15, 0.2) is 42.5 Å². The largest absolute Gasteiger partial charge is 0.454 e. The van der Waals surface area contributed by atoms with E-state index in [9.17, 15) is 18.0 Å². The Balaban J connectivity index is 1.31. The average Bonchev–Trinajstić information content (AvgIpc) is 3.28. The lowest BCUT2D eigenvalue weighted by molar-refractivity contribution is -0.130. The summed E-state index contributed by atoms with van der Waals surface area (Å²) in [6.45, 7) is 1.75. The van der Waals surface area contributed by atoms with Gasteiger partial charge < -0.3 is 25.0 Å². The van der Waals surface area contributed by atoms with Crippen molar-refractivity contribution < 1.29 is 27.5 Å². The number of carbonyl (C=O) groups excluding carboxylic acids is 2. The molecule has 0 saturated carbocycles. The summed E-state index contributed by atoms with van der Waals surface area (Å²) in [5.74, 6) is 0.908. The Kier molecular flexibility index (Phi) is 6.70. The lowest BCUT2D eigenvalue weighted by Crippen LogP contribution is -2.51. The van der Waals surface area contributed by atoms with Crippen LogP contribution in [0.5, 0.6) is 11.5 Å². The fraction of sp³-hybridized carbons (Fsp3) is 0.364. The van der Waals surface area contributed by atoms with E-state index in [1.54, 1.807) is 35.2 Å². The minimum absolute atomic E-state index is 0.00529. The van der Waals surface area contributed by atoms with Crippen LogP contribution in [0, 0.1) is 0 Å². The van der Waals surface area contributed by atoms with Crippen molar-refractivity contribution in [1.82, 2.24) is 14.5 Å². The van der Waals surface area contributed by atoms with E-state index in [0.29, 0.717) is 42.4 Å². The van der Waals surface area contributed by atoms with Gasteiger partial charge in [0, 0.05) is 38.4 Å². The fourth-order valence-corrected chi connectivity index (χ4v) is 4.54. The van der Waals surface area contributed by atoms with Crippen molar-refractivity contribution in [1.29, 1.82) is 0 Å². The third kappa shape index (κ3) is 5.55. The second-order valence-corrected chi connectivity index (χ2v) is 9.79. The highest BCUT2D eigenvalue weighted by atomic mass is 32.2. The van der Waals surface area contributed by atoms with E-state index in [0.717, 1.165) is 5.56 Å². The maximum atomic E-state index is 12.8. The van der Waals surface area contributed by atoms with Crippen molar-refractivity contribution >= 4 is 27.5 Å². The topological polar surface area (TPSA) is 117 Å². The highest BCUT2D eigenvalue weighted by Crippen LogP contribution is 2.32. The van der Waals surface area contributed by atoms with Gasteiger partial charge in [-0.05, 0) is 29.8 Å². The zero-order chi connectivity index (χ0) is 23.4. The van der Waals surface area contributed by atoms with E-state index in [2.05, 4.69) is 10.6 Å². The predicted molar refractivity (Wildman–Crippen MR) is 122 cm³/mol. The van der Waals surface area contributed by atoms with Crippen molar-refractivity contribution in [3.63, 3.8) is 0 Å². The Hall–Kier alpha value is -3.31. The Morgan fingerprint density at radius 1 is 1.00 bits per heavy atom. The van der Waals surface area contributed by atoms with Gasteiger partial charge in [0.05, 0.1) is 18.4 Å². The number of fused-ring (bicyclic) bond motifs is 1. The molecule has 2 amide bonds. The number of rotatable bonds is 7. The molecule has 0 aliphatic carbocycles. The summed E-state index contributed by atoms with van der Waals surface area (Å²) in [5, 5.41) is 5.93. The number of ether oxygens (including phenoxy) is 2. The second-order valence-electron chi connectivity index (χ2n) is 7.81. The van der Waals surface area contributed by atoms with Gasteiger partial charge in [-0.2, -0.15) is 4.31 Å². The monoisotopic (exact) mass is 474 g/mol. The molecule has 176 valence electrons. The number of anilines is 1. The second kappa shape index (κ2) is 9.67. The molecule has 2 aromatic rings. The van der Waals surface area contributed by atoms with Gasteiger partial charge in [-0.15, -0.1) is 0 Å². The van der Waals surface area contributed by atoms with Crippen molar-refractivity contribution in [3.05, 3.63) is 53.6 Å². The lowest BCUT2D eigenvalue weighted by atomic mass is 10.1. The van der Waals surface area contributed by atoms with E-state index in [4.69, 9.17) is 9.47 Å². The van der Waals surface area contributed by atoms with Crippen LogP contribution in [-0.4, -0.2) is 75.2 Å². The zero-order valence-corrected chi connectivity index (χ0v) is 19.1. The van der Waals surface area contributed by atoms with Crippen LogP contribution in [-0.2, 0) is 21.4 Å². The lowest BCUT2D eigenvalue weighted by Gasteiger charge is -2.33.